The molecule has 4 aromatic rings. The van der Waals surface area contributed by atoms with Crippen LogP contribution < -0.4 is 14.8 Å². The Morgan fingerprint density at radius 3 is 2.72 bits per heavy atom. The summed E-state index contributed by atoms with van der Waals surface area (Å²) in [5, 5.41) is 8.17. The van der Waals surface area contributed by atoms with E-state index in [2.05, 4.69) is 36.4 Å². The van der Waals surface area contributed by atoms with E-state index in [9.17, 15) is 4.79 Å². The van der Waals surface area contributed by atoms with Crippen molar-refractivity contribution in [3.63, 3.8) is 0 Å². The molecule has 7 nitrogen and oxygen atoms in total. The Bertz CT molecular complexity index is 1240. The van der Waals surface area contributed by atoms with Crippen molar-refractivity contribution in [2.24, 2.45) is 0 Å². The fourth-order valence-corrected chi connectivity index (χ4v) is 4.23. The van der Waals surface area contributed by atoms with E-state index in [1.54, 1.807) is 34.2 Å². The second-order valence-electron chi connectivity index (χ2n) is 7.01. The summed E-state index contributed by atoms with van der Waals surface area (Å²) in [5.41, 5.74) is 4.62. The number of aryl methyl sites for hydroxylation is 3. The van der Waals surface area contributed by atoms with E-state index >= 15 is 0 Å². The predicted octanol–water partition coefficient (Wildman–Crippen LogP) is 4.39. The number of aromatic nitrogens is 3. The van der Waals surface area contributed by atoms with Crippen LogP contribution >= 0.6 is 11.3 Å². The van der Waals surface area contributed by atoms with Crippen LogP contribution in [-0.4, -0.2) is 27.5 Å². The molecule has 0 fully saturated rings. The Morgan fingerprint density at radius 1 is 1.07 bits per heavy atom. The summed E-state index contributed by atoms with van der Waals surface area (Å²) in [4.78, 5) is 17.5. The van der Waals surface area contributed by atoms with Crippen molar-refractivity contribution in [3.8, 4) is 16.6 Å². The molecule has 0 spiro atoms. The van der Waals surface area contributed by atoms with Crippen LogP contribution in [0.2, 0.25) is 0 Å². The van der Waals surface area contributed by atoms with Crippen molar-refractivity contribution in [2.75, 3.05) is 12.1 Å². The number of carbonyl (C=O) groups is 1. The molecule has 1 aliphatic rings. The number of nitrogens with one attached hydrogen (secondary N) is 1. The lowest BCUT2D eigenvalue weighted by Crippen LogP contribution is -2.15. The number of nitrogens with zero attached hydrogens (tertiary/aromatic N) is 3. The summed E-state index contributed by atoms with van der Waals surface area (Å²) >= 11 is 1.54. The predicted molar refractivity (Wildman–Crippen MR) is 111 cm³/mol. The van der Waals surface area contributed by atoms with Gasteiger partial charge in [-0.15, -0.1) is 0 Å². The summed E-state index contributed by atoms with van der Waals surface area (Å²) < 4.78 is 13.4. The van der Waals surface area contributed by atoms with Gasteiger partial charge in [-0.25, -0.2) is 4.98 Å². The molecule has 8 heteroatoms. The first-order chi connectivity index (χ1) is 14.0. The monoisotopic (exact) mass is 406 g/mol. The lowest BCUT2D eigenvalue weighted by molar-refractivity contribution is 0.102. The van der Waals surface area contributed by atoms with Gasteiger partial charge in [0.15, 0.2) is 11.5 Å². The van der Waals surface area contributed by atoms with Crippen molar-refractivity contribution in [1.29, 1.82) is 0 Å². The smallest absolute Gasteiger partial charge is 0.256 e. The van der Waals surface area contributed by atoms with Crippen molar-refractivity contribution in [2.45, 2.75) is 20.8 Å². The molecule has 5 rings (SSSR count). The molecule has 1 aliphatic heterocycles. The van der Waals surface area contributed by atoms with Crippen LogP contribution in [0.15, 0.2) is 36.4 Å². The molecule has 2 aromatic carbocycles. The van der Waals surface area contributed by atoms with E-state index in [0.29, 0.717) is 28.0 Å². The third-order valence-electron chi connectivity index (χ3n) is 4.88. The second kappa shape index (κ2) is 6.59. The van der Waals surface area contributed by atoms with Gasteiger partial charge in [0.1, 0.15) is 5.82 Å². The van der Waals surface area contributed by atoms with Crippen LogP contribution in [0, 0.1) is 20.8 Å². The Labute approximate surface area is 170 Å². The molecule has 0 bridgehead atoms. The lowest BCUT2D eigenvalue weighted by Gasteiger charge is -2.07. The molecule has 0 unspecified atom stereocenters. The summed E-state index contributed by atoms with van der Waals surface area (Å²) in [7, 11) is 0. The third-order valence-corrected chi connectivity index (χ3v) is 5.88. The standard InChI is InChI=1S/C21H18N4O3S/c1-11-6-15-18(7-12(11)2)29-21(22-15)25-19(8-13(3)24-25)23-20(26)14-4-5-16-17(9-14)28-10-27-16/h4-9H,10H2,1-3H3,(H,23,26). The number of fused-ring (bicyclic) bond motifs is 2. The Balaban J connectivity index is 1.49. The molecule has 2 aromatic heterocycles. The minimum absolute atomic E-state index is 0.170. The number of hydrogen-bond donors (Lipinski definition) is 1. The van der Waals surface area contributed by atoms with Gasteiger partial charge in [-0.05, 0) is 62.2 Å². The van der Waals surface area contributed by atoms with Gasteiger partial charge in [-0.1, -0.05) is 11.3 Å². The first kappa shape index (κ1) is 17.7. The number of thiazole rings is 1. The van der Waals surface area contributed by atoms with Crippen LogP contribution in [0.5, 0.6) is 11.5 Å². The fraction of sp³-hybridized carbons (Fsp3) is 0.190. The number of hydrogen-bond acceptors (Lipinski definition) is 6. The number of anilines is 1. The zero-order chi connectivity index (χ0) is 20.1. The Morgan fingerprint density at radius 2 is 1.86 bits per heavy atom. The first-order valence-electron chi connectivity index (χ1n) is 9.14. The van der Waals surface area contributed by atoms with Crippen LogP contribution in [0.4, 0.5) is 5.82 Å². The molecule has 0 saturated heterocycles. The van der Waals surface area contributed by atoms with Crippen molar-refractivity contribution in [1.82, 2.24) is 14.8 Å². The van der Waals surface area contributed by atoms with Crippen molar-refractivity contribution in [3.05, 3.63) is 58.8 Å². The molecule has 1 N–H and O–H groups in total. The van der Waals surface area contributed by atoms with Gasteiger partial charge in [0.25, 0.3) is 5.91 Å². The first-order valence-corrected chi connectivity index (χ1v) is 9.95. The average molecular weight is 406 g/mol. The van der Waals surface area contributed by atoms with Gasteiger partial charge in [0, 0.05) is 11.6 Å². The number of carbonyl (C=O) groups excluding carboxylic acids is 1. The topological polar surface area (TPSA) is 78.3 Å². The molecular weight excluding hydrogens is 388 g/mol. The number of benzene rings is 2. The van der Waals surface area contributed by atoms with Gasteiger partial charge in [0.2, 0.25) is 11.9 Å². The second-order valence-corrected chi connectivity index (χ2v) is 8.01. The highest BCUT2D eigenvalue weighted by Crippen LogP contribution is 2.33. The van der Waals surface area contributed by atoms with E-state index in [1.165, 1.54) is 11.1 Å². The zero-order valence-corrected chi connectivity index (χ0v) is 17.0. The van der Waals surface area contributed by atoms with Crippen LogP contribution in [0.25, 0.3) is 15.3 Å². The van der Waals surface area contributed by atoms with Crippen LogP contribution in [-0.2, 0) is 0 Å². The zero-order valence-electron chi connectivity index (χ0n) is 16.1. The molecule has 3 heterocycles. The highest BCUT2D eigenvalue weighted by atomic mass is 32.1. The van der Waals surface area contributed by atoms with Crippen LogP contribution in [0.3, 0.4) is 0 Å². The summed E-state index contributed by atoms with van der Waals surface area (Å²) in [6.07, 6.45) is 0. The van der Waals surface area contributed by atoms with E-state index < -0.39 is 0 Å². The Kier molecular flexibility index (Phi) is 4.02. The van der Waals surface area contributed by atoms with Gasteiger partial charge in [-0.3, -0.25) is 4.79 Å². The summed E-state index contributed by atoms with van der Waals surface area (Å²) in [6.45, 7) is 6.21. The molecule has 0 atom stereocenters. The molecule has 29 heavy (non-hydrogen) atoms. The maximum absolute atomic E-state index is 12.8. The highest BCUT2D eigenvalue weighted by Gasteiger charge is 2.19. The molecule has 146 valence electrons. The van der Waals surface area contributed by atoms with E-state index in [4.69, 9.17) is 14.5 Å². The maximum atomic E-state index is 12.8. The number of amides is 1. The minimum atomic E-state index is -0.253. The van der Waals surface area contributed by atoms with E-state index in [-0.39, 0.29) is 12.7 Å². The fourth-order valence-electron chi connectivity index (χ4n) is 3.22. The van der Waals surface area contributed by atoms with Gasteiger partial charge >= 0.3 is 0 Å². The van der Waals surface area contributed by atoms with Gasteiger partial charge in [0.05, 0.1) is 15.9 Å². The lowest BCUT2D eigenvalue weighted by atomic mass is 10.1. The molecule has 1 amide bonds. The quantitative estimate of drug-likeness (QED) is 0.546. The molecule has 0 saturated carbocycles. The SMILES string of the molecule is Cc1cc(NC(=O)c2ccc3c(c2)OCO3)n(-c2nc3cc(C)c(C)cc3s2)n1. The van der Waals surface area contributed by atoms with Gasteiger partial charge in [-0.2, -0.15) is 9.78 Å². The van der Waals surface area contributed by atoms with Crippen molar-refractivity contribution < 1.29 is 14.3 Å². The Hall–Kier alpha value is -3.39. The van der Waals surface area contributed by atoms with Gasteiger partial charge < -0.3 is 14.8 Å². The average Bonchev–Trinajstić information content (AvgIpc) is 3.39. The highest BCUT2D eigenvalue weighted by molar-refractivity contribution is 7.20. The van der Waals surface area contributed by atoms with E-state index in [0.717, 1.165) is 15.9 Å². The molecule has 0 radical (unpaired) electrons. The van der Waals surface area contributed by atoms with Crippen LogP contribution in [0.1, 0.15) is 27.2 Å². The molecular formula is C21H18N4O3S. The summed E-state index contributed by atoms with van der Waals surface area (Å²) in [5.74, 6) is 1.52. The summed E-state index contributed by atoms with van der Waals surface area (Å²) in [6, 6.07) is 11.2. The normalized spacial score (nSPS) is 12.5. The number of ether oxygens (including phenoxy) is 2. The largest absolute Gasteiger partial charge is 0.454 e. The van der Waals surface area contributed by atoms with Crippen molar-refractivity contribution >= 4 is 33.3 Å². The maximum Gasteiger partial charge on any atom is 0.256 e. The minimum Gasteiger partial charge on any atom is -0.454 e. The number of rotatable bonds is 3. The van der Waals surface area contributed by atoms with E-state index in [1.807, 2.05) is 13.0 Å². The third kappa shape index (κ3) is 3.11. The molecule has 0 aliphatic carbocycles.